The third kappa shape index (κ3) is 42.3. The summed E-state index contributed by atoms with van der Waals surface area (Å²) in [6.07, 6.45) is 53.7. The van der Waals surface area contributed by atoms with Crippen molar-refractivity contribution < 1.29 is 28.6 Å². The Kier molecular flexibility index (Phi) is 42.5. The summed E-state index contributed by atoms with van der Waals surface area (Å²) in [5, 5.41) is 0. The molecule has 1 unspecified atom stereocenters. The smallest absolute Gasteiger partial charge is 0.306 e. The number of rotatable bonds is 41. The van der Waals surface area contributed by atoms with Gasteiger partial charge >= 0.3 is 17.9 Å². The van der Waals surface area contributed by atoms with Crippen LogP contribution in [0.25, 0.3) is 0 Å². The van der Waals surface area contributed by atoms with Gasteiger partial charge in [0, 0.05) is 19.3 Å². The van der Waals surface area contributed by atoms with Gasteiger partial charge in [-0.25, -0.2) is 0 Å². The van der Waals surface area contributed by atoms with E-state index in [0.717, 1.165) is 64.2 Å². The molecule has 0 N–H and O–H groups in total. The van der Waals surface area contributed by atoms with Crippen molar-refractivity contribution in [2.24, 2.45) is 0 Å². The molecular formula is C50H86O6. The van der Waals surface area contributed by atoms with Gasteiger partial charge in [-0.15, -0.1) is 0 Å². The minimum Gasteiger partial charge on any atom is -0.462 e. The van der Waals surface area contributed by atoms with E-state index in [4.69, 9.17) is 14.2 Å². The molecule has 6 heteroatoms. The molecule has 6 nitrogen and oxygen atoms in total. The van der Waals surface area contributed by atoms with Gasteiger partial charge < -0.3 is 14.2 Å². The third-order valence-electron chi connectivity index (χ3n) is 9.77. The summed E-state index contributed by atoms with van der Waals surface area (Å²) in [5.74, 6) is -0.996. The molecule has 0 bridgehead atoms. The Bertz CT molecular complexity index is 1040. The quantitative estimate of drug-likeness (QED) is 0.0266. The van der Waals surface area contributed by atoms with Gasteiger partial charge in [-0.2, -0.15) is 0 Å². The molecule has 0 spiro atoms. The van der Waals surface area contributed by atoms with E-state index in [1.54, 1.807) is 0 Å². The lowest BCUT2D eigenvalue weighted by Crippen LogP contribution is -2.30. The first-order valence-corrected chi connectivity index (χ1v) is 23.3. The highest BCUT2D eigenvalue weighted by molar-refractivity contribution is 5.71. The molecule has 0 heterocycles. The largest absolute Gasteiger partial charge is 0.462 e. The molecule has 0 saturated carbocycles. The van der Waals surface area contributed by atoms with Crippen LogP contribution in [0.15, 0.2) is 60.8 Å². The first kappa shape index (κ1) is 53.1. The molecule has 1 atom stereocenters. The fourth-order valence-electron chi connectivity index (χ4n) is 6.27. The second-order valence-electron chi connectivity index (χ2n) is 15.3. The van der Waals surface area contributed by atoms with Crippen molar-refractivity contribution in [1.29, 1.82) is 0 Å². The summed E-state index contributed by atoms with van der Waals surface area (Å²) < 4.78 is 16.6. The molecule has 0 aromatic carbocycles. The van der Waals surface area contributed by atoms with Crippen molar-refractivity contribution in [3.8, 4) is 0 Å². The van der Waals surface area contributed by atoms with E-state index in [-0.39, 0.29) is 31.6 Å². The van der Waals surface area contributed by atoms with Crippen molar-refractivity contribution >= 4 is 17.9 Å². The molecular weight excluding hydrogens is 697 g/mol. The van der Waals surface area contributed by atoms with Gasteiger partial charge in [-0.3, -0.25) is 14.4 Å². The summed E-state index contributed by atoms with van der Waals surface area (Å²) in [6, 6.07) is 0. The molecule has 0 aromatic rings. The predicted octanol–water partition coefficient (Wildman–Crippen LogP) is 14.9. The minimum absolute atomic E-state index is 0.103. The third-order valence-corrected chi connectivity index (χ3v) is 9.77. The minimum atomic E-state index is -0.809. The first-order valence-electron chi connectivity index (χ1n) is 23.3. The molecule has 322 valence electrons. The average Bonchev–Trinajstić information content (AvgIpc) is 3.19. The standard InChI is InChI=1S/C50H86O6/c1-4-7-10-13-16-19-21-23-24-25-26-28-29-31-34-37-40-43-49(52)55-46-47(45-54-48(51)42-39-36-33-18-15-12-9-6-3)56-50(53)44-41-38-35-32-30-27-22-20-17-14-11-8-5-2/h8,11,17,20,23-24,27,30,35,38,47H,4-7,9-10,12-16,18-19,21-22,25-26,28-29,31-34,36-37,39-46H2,1-3H3/b11-8-,20-17-,24-23-,30-27-,38-35-. The summed E-state index contributed by atoms with van der Waals surface area (Å²) in [4.78, 5) is 37.6. The second kappa shape index (κ2) is 44.8. The summed E-state index contributed by atoms with van der Waals surface area (Å²) in [5.41, 5.74) is 0. The lowest BCUT2D eigenvalue weighted by Gasteiger charge is -2.18. The molecule has 0 aliphatic rings. The van der Waals surface area contributed by atoms with Crippen molar-refractivity contribution in [2.75, 3.05) is 13.2 Å². The van der Waals surface area contributed by atoms with E-state index in [0.29, 0.717) is 19.3 Å². The summed E-state index contributed by atoms with van der Waals surface area (Å²) in [6.45, 7) is 6.41. The van der Waals surface area contributed by atoms with Crippen LogP contribution in [0.5, 0.6) is 0 Å². The van der Waals surface area contributed by atoms with E-state index >= 15 is 0 Å². The Morgan fingerprint density at radius 1 is 0.375 bits per heavy atom. The van der Waals surface area contributed by atoms with Crippen molar-refractivity contribution in [3.63, 3.8) is 0 Å². The number of carbonyl (C=O) groups excluding carboxylic acids is 3. The van der Waals surface area contributed by atoms with Gasteiger partial charge in [0.1, 0.15) is 13.2 Å². The van der Waals surface area contributed by atoms with Crippen LogP contribution in [-0.4, -0.2) is 37.2 Å². The molecule has 0 saturated heterocycles. The SMILES string of the molecule is CC/C=C\C/C=C\C/C=C\C/C=C\CCC(=O)OC(COC(=O)CCCCCCCCCC)COC(=O)CCCCCCCCC/C=C\CCCCCCCC. The van der Waals surface area contributed by atoms with Gasteiger partial charge in [-0.05, 0) is 70.6 Å². The van der Waals surface area contributed by atoms with Crippen LogP contribution in [0.4, 0.5) is 0 Å². The van der Waals surface area contributed by atoms with Crippen LogP contribution < -0.4 is 0 Å². The maximum atomic E-state index is 12.7. The fourth-order valence-corrected chi connectivity index (χ4v) is 6.27. The number of unbranched alkanes of at least 4 members (excludes halogenated alkanes) is 20. The molecule has 0 fully saturated rings. The number of esters is 3. The van der Waals surface area contributed by atoms with Crippen LogP contribution in [0.3, 0.4) is 0 Å². The van der Waals surface area contributed by atoms with Crippen LogP contribution in [0.2, 0.25) is 0 Å². The Hall–Kier alpha value is -2.89. The zero-order chi connectivity index (χ0) is 40.8. The first-order chi connectivity index (χ1) is 27.5. The lowest BCUT2D eigenvalue weighted by molar-refractivity contribution is -0.166. The maximum absolute atomic E-state index is 12.7. The van der Waals surface area contributed by atoms with Crippen molar-refractivity contribution in [3.05, 3.63) is 60.8 Å². The van der Waals surface area contributed by atoms with Crippen LogP contribution in [0, 0.1) is 0 Å². The van der Waals surface area contributed by atoms with E-state index < -0.39 is 12.1 Å². The van der Waals surface area contributed by atoms with Gasteiger partial charge in [-0.1, -0.05) is 191 Å². The Labute approximate surface area is 345 Å². The Morgan fingerprint density at radius 3 is 1.16 bits per heavy atom. The molecule has 0 radical (unpaired) electrons. The summed E-state index contributed by atoms with van der Waals surface area (Å²) in [7, 11) is 0. The predicted molar refractivity (Wildman–Crippen MR) is 238 cm³/mol. The second-order valence-corrected chi connectivity index (χ2v) is 15.3. The zero-order valence-corrected chi connectivity index (χ0v) is 36.6. The van der Waals surface area contributed by atoms with E-state index in [9.17, 15) is 14.4 Å². The van der Waals surface area contributed by atoms with Crippen LogP contribution in [0.1, 0.15) is 220 Å². The number of hydrogen-bond donors (Lipinski definition) is 0. The van der Waals surface area contributed by atoms with E-state index in [2.05, 4.69) is 69.4 Å². The lowest BCUT2D eigenvalue weighted by atomic mass is 10.1. The molecule has 0 aliphatic heterocycles. The topological polar surface area (TPSA) is 78.9 Å². The van der Waals surface area contributed by atoms with E-state index in [1.165, 1.54) is 109 Å². The molecule has 56 heavy (non-hydrogen) atoms. The van der Waals surface area contributed by atoms with Gasteiger partial charge in [0.2, 0.25) is 0 Å². The van der Waals surface area contributed by atoms with Gasteiger partial charge in [0.15, 0.2) is 6.10 Å². The molecule has 0 amide bonds. The number of ether oxygens (including phenoxy) is 3. The number of allylic oxidation sites excluding steroid dienone is 10. The van der Waals surface area contributed by atoms with E-state index in [1.807, 2.05) is 12.2 Å². The molecule has 0 aliphatic carbocycles. The number of carbonyl (C=O) groups is 3. The summed E-state index contributed by atoms with van der Waals surface area (Å²) >= 11 is 0. The van der Waals surface area contributed by atoms with Gasteiger partial charge in [0.25, 0.3) is 0 Å². The normalized spacial score (nSPS) is 12.6. The maximum Gasteiger partial charge on any atom is 0.306 e. The van der Waals surface area contributed by atoms with Crippen LogP contribution in [-0.2, 0) is 28.6 Å². The average molecular weight is 783 g/mol. The van der Waals surface area contributed by atoms with Gasteiger partial charge in [0.05, 0.1) is 0 Å². The van der Waals surface area contributed by atoms with Crippen molar-refractivity contribution in [1.82, 2.24) is 0 Å². The number of hydrogen-bond acceptors (Lipinski definition) is 6. The zero-order valence-electron chi connectivity index (χ0n) is 36.6. The highest BCUT2D eigenvalue weighted by atomic mass is 16.6. The monoisotopic (exact) mass is 783 g/mol. The van der Waals surface area contributed by atoms with Crippen LogP contribution >= 0.6 is 0 Å². The molecule has 0 aromatic heterocycles. The Balaban J connectivity index is 4.39. The van der Waals surface area contributed by atoms with Crippen molar-refractivity contribution in [2.45, 2.75) is 226 Å². The highest BCUT2D eigenvalue weighted by Gasteiger charge is 2.19. The fraction of sp³-hybridized carbons (Fsp3) is 0.740. The Morgan fingerprint density at radius 2 is 0.732 bits per heavy atom. The molecule has 0 rings (SSSR count). The highest BCUT2D eigenvalue weighted by Crippen LogP contribution is 2.13.